The second kappa shape index (κ2) is 11.8. The highest BCUT2D eigenvalue weighted by atomic mass is 19.1. The molecule has 0 aliphatic carbocycles. The largest absolute Gasteiger partial charge is 0.492 e. The maximum atomic E-state index is 13.0. The zero-order valence-electron chi connectivity index (χ0n) is 20.5. The molecule has 0 saturated carbocycles. The van der Waals surface area contributed by atoms with Crippen molar-refractivity contribution in [2.24, 2.45) is 0 Å². The van der Waals surface area contributed by atoms with Crippen LogP contribution in [0, 0.1) is 5.82 Å². The lowest BCUT2D eigenvalue weighted by molar-refractivity contribution is -0.0537. The molecule has 1 aliphatic rings. The molecule has 6 heteroatoms. The van der Waals surface area contributed by atoms with E-state index in [4.69, 9.17) is 9.47 Å². The number of hydrogen-bond donors (Lipinski definition) is 1. The van der Waals surface area contributed by atoms with E-state index >= 15 is 0 Å². The minimum atomic E-state index is -0.845. The zero-order valence-corrected chi connectivity index (χ0v) is 20.5. The van der Waals surface area contributed by atoms with Gasteiger partial charge in [0.25, 0.3) is 0 Å². The van der Waals surface area contributed by atoms with Gasteiger partial charge in [0.15, 0.2) is 0 Å². The molecule has 2 aromatic rings. The van der Waals surface area contributed by atoms with E-state index in [1.54, 1.807) is 12.1 Å². The first-order chi connectivity index (χ1) is 15.7. The van der Waals surface area contributed by atoms with Gasteiger partial charge < -0.3 is 14.6 Å². The summed E-state index contributed by atoms with van der Waals surface area (Å²) < 4.78 is 24.7. The van der Waals surface area contributed by atoms with Gasteiger partial charge in [-0.3, -0.25) is 9.80 Å². The van der Waals surface area contributed by atoms with Crippen molar-refractivity contribution in [3.8, 4) is 11.5 Å². The normalized spacial score (nSPS) is 16.5. The highest BCUT2D eigenvalue weighted by Gasteiger charge is 2.33. The third-order valence-electron chi connectivity index (χ3n) is 6.38. The molecule has 0 atom stereocenters. The molecule has 182 valence electrons. The van der Waals surface area contributed by atoms with Gasteiger partial charge in [0.2, 0.25) is 0 Å². The van der Waals surface area contributed by atoms with Crippen LogP contribution in [0.3, 0.4) is 0 Å². The lowest BCUT2D eigenvalue weighted by Gasteiger charge is -2.38. The number of ether oxygens (including phenoxy) is 2. The Labute approximate surface area is 198 Å². The van der Waals surface area contributed by atoms with Crippen molar-refractivity contribution < 1.29 is 19.0 Å². The Kier molecular flexibility index (Phi) is 9.12. The number of piperidine rings is 1. The SMILES string of the molecule is CC(C)N(CCOc1ccc(CN2CCC(O)(COc3ccc(F)cc3)CC2)cc1)C(C)C. The summed E-state index contributed by atoms with van der Waals surface area (Å²) in [6.45, 7) is 13.2. The number of aliphatic hydroxyl groups is 1. The standard InChI is InChI=1S/C27H39FN2O3/c1-21(2)30(22(3)4)17-18-32-25-9-5-23(6-10-25)19-29-15-13-27(31,14-16-29)20-33-26-11-7-24(28)8-12-26/h5-12,21-22,31H,13-20H2,1-4H3. The van der Waals surface area contributed by atoms with Gasteiger partial charge in [-0.1, -0.05) is 12.1 Å². The number of benzene rings is 2. The smallest absolute Gasteiger partial charge is 0.123 e. The lowest BCUT2D eigenvalue weighted by atomic mass is 9.92. The molecule has 1 fully saturated rings. The van der Waals surface area contributed by atoms with Crippen molar-refractivity contribution in [2.75, 3.05) is 32.8 Å². The molecular formula is C27H39FN2O3. The molecule has 3 rings (SSSR count). The number of nitrogens with zero attached hydrogens (tertiary/aromatic N) is 2. The van der Waals surface area contributed by atoms with Crippen LogP contribution >= 0.6 is 0 Å². The van der Waals surface area contributed by atoms with Crippen molar-refractivity contribution >= 4 is 0 Å². The Morgan fingerprint density at radius 1 is 0.909 bits per heavy atom. The molecule has 1 N–H and O–H groups in total. The fraction of sp³-hybridized carbons (Fsp3) is 0.556. The molecule has 1 aliphatic heterocycles. The third kappa shape index (κ3) is 7.98. The van der Waals surface area contributed by atoms with Gasteiger partial charge >= 0.3 is 0 Å². The van der Waals surface area contributed by atoms with Crippen LogP contribution in [0.2, 0.25) is 0 Å². The molecule has 33 heavy (non-hydrogen) atoms. The summed E-state index contributed by atoms with van der Waals surface area (Å²) in [4.78, 5) is 4.78. The van der Waals surface area contributed by atoms with Gasteiger partial charge in [-0.05, 0) is 82.5 Å². The van der Waals surface area contributed by atoms with Crippen molar-refractivity contribution in [1.82, 2.24) is 9.80 Å². The second-order valence-corrected chi connectivity index (χ2v) is 9.66. The van der Waals surface area contributed by atoms with E-state index in [2.05, 4.69) is 49.6 Å². The quantitative estimate of drug-likeness (QED) is 0.528. The Hall–Kier alpha value is -2.15. The van der Waals surface area contributed by atoms with Gasteiger partial charge in [0.1, 0.15) is 36.1 Å². The fourth-order valence-electron chi connectivity index (χ4n) is 4.35. The van der Waals surface area contributed by atoms with Crippen LogP contribution in [0.15, 0.2) is 48.5 Å². The first-order valence-corrected chi connectivity index (χ1v) is 12.0. The molecule has 0 spiro atoms. The Morgan fingerprint density at radius 3 is 2.03 bits per heavy atom. The molecule has 2 aromatic carbocycles. The van der Waals surface area contributed by atoms with Gasteiger partial charge in [-0.15, -0.1) is 0 Å². The van der Waals surface area contributed by atoms with Crippen molar-refractivity contribution in [3.63, 3.8) is 0 Å². The van der Waals surface area contributed by atoms with Crippen molar-refractivity contribution in [1.29, 1.82) is 0 Å². The molecule has 0 aromatic heterocycles. The molecule has 1 saturated heterocycles. The predicted octanol–water partition coefficient (Wildman–Crippen LogP) is 4.73. The minimum absolute atomic E-state index is 0.226. The average Bonchev–Trinajstić information content (AvgIpc) is 2.79. The minimum Gasteiger partial charge on any atom is -0.492 e. The van der Waals surface area contributed by atoms with E-state index < -0.39 is 5.60 Å². The van der Waals surface area contributed by atoms with E-state index in [0.29, 0.717) is 37.3 Å². The number of rotatable bonds is 11. The van der Waals surface area contributed by atoms with Crippen molar-refractivity contribution in [2.45, 2.75) is 64.8 Å². The number of halogens is 1. The summed E-state index contributed by atoms with van der Waals surface area (Å²) >= 11 is 0. The monoisotopic (exact) mass is 458 g/mol. The Bertz CT molecular complexity index is 823. The highest BCUT2D eigenvalue weighted by Crippen LogP contribution is 2.25. The molecular weight excluding hydrogens is 419 g/mol. The van der Waals surface area contributed by atoms with Crippen LogP contribution < -0.4 is 9.47 Å². The predicted molar refractivity (Wildman–Crippen MR) is 130 cm³/mol. The van der Waals surface area contributed by atoms with Crippen molar-refractivity contribution in [3.05, 3.63) is 59.9 Å². The molecule has 0 bridgehead atoms. The number of hydrogen-bond acceptors (Lipinski definition) is 5. The summed E-state index contributed by atoms with van der Waals surface area (Å²) in [7, 11) is 0. The van der Waals surface area contributed by atoms with E-state index in [0.717, 1.165) is 31.9 Å². The maximum absolute atomic E-state index is 13.0. The van der Waals surface area contributed by atoms with E-state index in [1.165, 1.54) is 17.7 Å². The average molecular weight is 459 g/mol. The molecule has 5 nitrogen and oxygen atoms in total. The second-order valence-electron chi connectivity index (χ2n) is 9.66. The van der Waals surface area contributed by atoms with E-state index in [1.807, 2.05) is 12.1 Å². The maximum Gasteiger partial charge on any atom is 0.123 e. The third-order valence-corrected chi connectivity index (χ3v) is 6.38. The highest BCUT2D eigenvalue weighted by molar-refractivity contribution is 5.27. The van der Waals surface area contributed by atoms with Gasteiger partial charge in [-0.2, -0.15) is 0 Å². The summed E-state index contributed by atoms with van der Waals surface area (Å²) in [5, 5.41) is 10.9. The summed E-state index contributed by atoms with van der Waals surface area (Å²) in [5.74, 6) is 1.19. The summed E-state index contributed by atoms with van der Waals surface area (Å²) in [5.41, 5.74) is 0.393. The van der Waals surface area contributed by atoms with Gasteiger partial charge in [-0.25, -0.2) is 4.39 Å². The van der Waals surface area contributed by atoms with Crippen LogP contribution in [-0.4, -0.2) is 65.4 Å². The molecule has 1 heterocycles. The summed E-state index contributed by atoms with van der Waals surface area (Å²) in [6.07, 6.45) is 1.30. The molecule has 0 amide bonds. The Balaban J connectivity index is 1.39. The van der Waals surface area contributed by atoms with Crippen LogP contribution in [0.25, 0.3) is 0 Å². The van der Waals surface area contributed by atoms with Crippen LogP contribution in [0.1, 0.15) is 46.1 Å². The Morgan fingerprint density at radius 2 is 1.45 bits per heavy atom. The molecule has 0 radical (unpaired) electrons. The van der Waals surface area contributed by atoms with Crippen LogP contribution in [-0.2, 0) is 6.54 Å². The van der Waals surface area contributed by atoms with E-state index in [-0.39, 0.29) is 12.4 Å². The van der Waals surface area contributed by atoms with Gasteiger partial charge in [0.05, 0.1) is 0 Å². The van der Waals surface area contributed by atoms with Crippen LogP contribution in [0.4, 0.5) is 4.39 Å². The van der Waals surface area contributed by atoms with Crippen LogP contribution in [0.5, 0.6) is 11.5 Å². The number of likely N-dealkylation sites (tertiary alicyclic amines) is 1. The molecule has 0 unspecified atom stereocenters. The lowest BCUT2D eigenvalue weighted by Crippen LogP contribution is -2.47. The van der Waals surface area contributed by atoms with E-state index in [9.17, 15) is 9.50 Å². The summed E-state index contributed by atoms with van der Waals surface area (Å²) in [6, 6.07) is 15.3. The first kappa shape index (κ1) is 25.5. The topological polar surface area (TPSA) is 45.2 Å². The fourth-order valence-corrected chi connectivity index (χ4v) is 4.35. The zero-order chi connectivity index (χ0) is 23.8. The van der Waals surface area contributed by atoms with Gasteiger partial charge in [0, 0.05) is 38.3 Å². The first-order valence-electron chi connectivity index (χ1n) is 12.0.